The fourth-order valence-corrected chi connectivity index (χ4v) is 2.60. The van der Waals surface area contributed by atoms with Crippen LogP contribution in [-0.2, 0) is 4.79 Å². The average Bonchev–Trinajstić information content (AvgIpc) is 2.79. The Morgan fingerprint density at radius 2 is 2.04 bits per heavy atom. The molecule has 0 saturated carbocycles. The van der Waals surface area contributed by atoms with Crippen LogP contribution in [0.2, 0.25) is 0 Å². The second-order valence-electron chi connectivity index (χ2n) is 5.16. The van der Waals surface area contributed by atoms with Gasteiger partial charge in [-0.1, -0.05) is 12.1 Å². The first-order valence-electron chi connectivity index (χ1n) is 7.27. The van der Waals surface area contributed by atoms with Crippen LogP contribution in [0.4, 0.5) is 5.69 Å². The number of hydrogen-bond acceptors (Lipinski definition) is 5. The monoisotopic (exact) mass is 321 g/mol. The summed E-state index contributed by atoms with van der Waals surface area (Å²) in [7, 11) is 3.09. The maximum Gasteiger partial charge on any atom is 0.246 e. The minimum atomic E-state index is -0.224. The smallest absolute Gasteiger partial charge is 0.246 e. The molecule has 0 fully saturated rings. The van der Waals surface area contributed by atoms with Crippen LogP contribution in [0, 0.1) is 11.3 Å². The van der Waals surface area contributed by atoms with E-state index in [9.17, 15) is 4.79 Å². The molecule has 6 nitrogen and oxygen atoms in total. The molecule has 6 heteroatoms. The number of amides is 1. The first-order valence-corrected chi connectivity index (χ1v) is 7.27. The summed E-state index contributed by atoms with van der Waals surface area (Å²) >= 11 is 0. The molecule has 0 saturated heterocycles. The number of anilines is 1. The quantitative estimate of drug-likeness (QED) is 0.940. The maximum atomic E-state index is 12.0. The average molecular weight is 321 g/mol. The molecule has 0 atom stereocenters. The number of nitrogens with one attached hydrogen (secondary N) is 1. The maximum absolute atomic E-state index is 12.0. The zero-order chi connectivity index (χ0) is 17.1. The van der Waals surface area contributed by atoms with Gasteiger partial charge in [0.2, 0.25) is 5.91 Å². The number of aliphatic imine (C=N–C) groups is 1. The summed E-state index contributed by atoms with van der Waals surface area (Å²) in [5.74, 6) is 0.878. The fourth-order valence-electron chi connectivity index (χ4n) is 2.60. The van der Waals surface area contributed by atoms with Gasteiger partial charge in [0.25, 0.3) is 0 Å². The van der Waals surface area contributed by atoms with E-state index < -0.39 is 0 Å². The number of nitrogens with zero attached hydrogens (tertiary/aromatic N) is 2. The van der Waals surface area contributed by atoms with Gasteiger partial charge in [0, 0.05) is 17.7 Å². The zero-order valence-electron chi connectivity index (χ0n) is 13.3. The Morgan fingerprint density at radius 3 is 2.75 bits per heavy atom. The second-order valence-corrected chi connectivity index (χ2v) is 5.16. The normalized spacial score (nSPS) is 13.0. The molecule has 0 aromatic heterocycles. The van der Waals surface area contributed by atoms with Gasteiger partial charge in [-0.15, -0.1) is 0 Å². The summed E-state index contributed by atoms with van der Waals surface area (Å²) in [6, 6.07) is 12.7. The Kier molecular flexibility index (Phi) is 4.17. The van der Waals surface area contributed by atoms with E-state index in [2.05, 4.69) is 16.4 Å². The number of fused-ring (bicyclic) bond motifs is 1. The molecule has 2 aromatic carbocycles. The van der Waals surface area contributed by atoms with Crippen LogP contribution in [0.3, 0.4) is 0 Å². The Hall–Kier alpha value is -3.33. The van der Waals surface area contributed by atoms with Crippen LogP contribution in [-0.4, -0.2) is 32.4 Å². The van der Waals surface area contributed by atoms with Crippen LogP contribution < -0.4 is 14.8 Å². The predicted molar refractivity (Wildman–Crippen MR) is 89.8 cm³/mol. The molecule has 0 radical (unpaired) electrons. The third-order valence-corrected chi connectivity index (χ3v) is 3.69. The van der Waals surface area contributed by atoms with Crippen LogP contribution in [0.5, 0.6) is 11.5 Å². The molecular formula is C18H15N3O3. The van der Waals surface area contributed by atoms with Gasteiger partial charge in [-0.25, -0.2) is 0 Å². The summed E-state index contributed by atoms with van der Waals surface area (Å²) in [4.78, 5) is 16.4. The summed E-state index contributed by atoms with van der Waals surface area (Å²) in [5, 5.41) is 11.9. The number of ether oxygens (including phenoxy) is 2. The van der Waals surface area contributed by atoms with Crippen LogP contribution in [0.1, 0.15) is 16.7 Å². The van der Waals surface area contributed by atoms with Gasteiger partial charge >= 0.3 is 0 Å². The van der Waals surface area contributed by atoms with Gasteiger partial charge in [0.05, 0.1) is 42.8 Å². The molecule has 3 rings (SSSR count). The number of benzene rings is 2. The summed E-state index contributed by atoms with van der Waals surface area (Å²) in [6.07, 6.45) is 0. The molecule has 24 heavy (non-hydrogen) atoms. The van der Waals surface area contributed by atoms with E-state index in [4.69, 9.17) is 14.7 Å². The highest BCUT2D eigenvalue weighted by Crippen LogP contribution is 2.35. The third kappa shape index (κ3) is 2.79. The van der Waals surface area contributed by atoms with Crippen molar-refractivity contribution in [3.8, 4) is 17.6 Å². The van der Waals surface area contributed by atoms with Crippen LogP contribution in [0.15, 0.2) is 41.4 Å². The first-order chi connectivity index (χ1) is 11.7. The molecule has 0 bridgehead atoms. The highest BCUT2D eigenvalue weighted by atomic mass is 16.5. The Labute approximate surface area is 139 Å². The molecule has 0 spiro atoms. The number of methoxy groups -OCH3 is 2. The van der Waals surface area contributed by atoms with Gasteiger partial charge in [0.15, 0.2) is 0 Å². The molecule has 1 amide bonds. The highest BCUT2D eigenvalue weighted by molar-refractivity contribution is 6.20. The van der Waals surface area contributed by atoms with Gasteiger partial charge < -0.3 is 14.8 Å². The van der Waals surface area contributed by atoms with E-state index in [0.717, 1.165) is 5.56 Å². The lowest BCUT2D eigenvalue weighted by atomic mass is 9.98. The van der Waals surface area contributed by atoms with Crippen molar-refractivity contribution in [3.05, 3.63) is 53.1 Å². The van der Waals surface area contributed by atoms with Crippen LogP contribution in [0.25, 0.3) is 0 Å². The molecule has 1 N–H and O–H groups in total. The van der Waals surface area contributed by atoms with Crippen molar-refractivity contribution in [1.29, 1.82) is 5.26 Å². The van der Waals surface area contributed by atoms with Crippen LogP contribution >= 0.6 is 0 Å². The number of nitriles is 1. The molecule has 0 unspecified atom stereocenters. The third-order valence-electron chi connectivity index (χ3n) is 3.69. The lowest BCUT2D eigenvalue weighted by Gasteiger charge is -2.16. The lowest BCUT2D eigenvalue weighted by molar-refractivity contribution is -0.114. The van der Waals surface area contributed by atoms with Crippen molar-refractivity contribution in [2.24, 2.45) is 4.99 Å². The highest BCUT2D eigenvalue weighted by Gasteiger charge is 2.23. The van der Waals surface area contributed by atoms with E-state index in [1.54, 1.807) is 44.6 Å². The Balaban J connectivity index is 2.25. The Bertz CT molecular complexity index is 882. The second kappa shape index (κ2) is 6.42. The van der Waals surface area contributed by atoms with E-state index >= 15 is 0 Å². The number of benzodiazepines with no additional fused rings is 1. The topological polar surface area (TPSA) is 83.7 Å². The molecular weight excluding hydrogens is 306 g/mol. The fraction of sp³-hybridized carbons (Fsp3) is 0.167. The largest absolute Gasteiger partial charge is 0.497 e. The molecule has 1 heterocycles. The minimum Gasteiger partial charge on any atom is -0.497 e. The molecule has 2 aromatic rings. The van der Waals surface area contributed by atoms with Crippen molar-refractivity contribution in [2.75, 3.05) is 26.1 Å². The van der Waals surface area contributed by atoms with Crippen molar-refractivity contribution in [2.45, 2.75) is 0 Å². The molecule has 120 valence electrons. The van der Waals surface area contributed by atoms with E-state index in [1.165, 1.54) is 0 Å². The molecule has 1 aliphatic heterocycles. The molecule has 1 aliphatic rings. The van der Waals surface area contributed by atoms with Crippen molar-refractivity contribution >= 4 is 17.3 Å². The van der Waals surface area contributed by atoms with Crippen molar-refractivity contribution in [3.63, 3.8) is 0 Å². The summed E-state index contributed by atoms with van der Waals surface area (Å²) < 4.78 is 10.7. The SMILES string of the molecule is COc1cc2c(c(OC)c1)C(c1cccc(C#N)c1)=NCC(=O)N2. The van der Waals surface area contributed by atoms with Gasteiger partial charge in [-0.2, -0.15) is 5.26 Å². The van der Waals surface area contributed by atoms with E-state index in [-0.39, 0.29) is 12.5 Å². The molecule has 0 aliphatic carbocycles. The van der Waals surface area contributed by atoms with Gasteiger partial charge in [0.1, 0.15) is 18.0 Å². The van der Waals surface area contributed by atoms with Gasteiger partial charge in [-0.3, -0.25) is 9.79 Å². The minimum absolute atomic E-state index is 0.00767. The standard InChI is InChI=1S/C18H15N3O3/c1-23-13-7-14-17(15(8-13)24-2)18(20-10-16(22)21-14)12-5-3-4-11(6-12)9-19/h3-8H,10H2,1-2H3,(H,21,22). The van der Waals surface area contributed by atoms with Crippen molar-refractivity contribution < 1.29 is 14.3 Å². The first kappa shape index (κ1) is 15.6. The number of rotatable bonds is 3. The Morgan fingerprint density at radius 1 is 1.21 bits per heavy atom. The van der Waals surface area contributed by atoms with E-state index in [0.29, 0.717) is 34.0 Å². The summed E-state index contributed by atoms with van der Waals surface area (Å²) in [5.41, 5.74) is 3.09. The number of carbonyl (C=O) groups excluding carboxylic acids is 1. The van der Waals surface area contributed by atoms with E-state index in [1.807, 2.05) is 6.07 Å². The summed E-state index contributed by atoms with van der Waals surface area (Å²) in [6.45, 7) is -0.00767. The van der Waals surface area contributed by atoms with Crippen molar-refractivity contribution in [1.82, 2.24) is 0 Å². The number of hydrogen-bond donors (Lipinski definition) is 1. The number of carbonyl (C=O) groups is 1. The zero-order valence-corrected chi connectivity index (χ0v) is 13.3. The lowest BCUT2D eigenvalue weighted by Crippen LogP contribution is -2.13. The van der Waals surface area contributed by atoms with Gasteiger partial charge in [-0.05, 0) is 12.1 Å². The predicted octanol–water partition coefficient (Wildman–Crippen LogP) is 2.36.